The van der Waals surface area contributed by atoms with E-state index in [-0.39, 0.29) is 24.9 Å². The predicted octanol–water partition coefficient (Wildman–Crippen LogP) is 11.4. The molecule has 0 aliphatic rings. The highest BCUT2D eigenvalue weighted by atomic mass is 16.5. The molecule has 1 amide bonds. The number of rotatable bonds is 36. The molecule has 0 bridgehead atoms. The second kappa shape index (κ2) is 37.3. The van der Waals surface area contributed by atoms with Crippen molar-refractivity contribution in [3.63, 3.8) is 0 Å². The maximum Gasteiger partial charge on any atom is 0.306 e. The molecule has 3 unspecified atom stereocenters. The van der Waals surface area contributed by atoms with E-state index in [0.29, 0.717) is 19.3 Å². The lowest BCUT2D eigenvalue weighted by molar-refractivity contribution is -0.151. The fraction of sp³-hybridized carbons (Fsp3) is 0.814. The molecule has 0 heterocycles. The Morgan fingerprint density at radius 2 is 1.10 bits per heavy atom. The lowest BCUT2D eigenvalue weighted by Crippen LogP contribution is -2.46. The number of carbonyl (C=O) groups excluding carboxylic acids is 2. The van der Waals surface area contributed by atoms with Gasteiger partial charge in [-0.25, -0.2) is 0 Å². The van der Waals surface area contributed by atoms with Crippen LogP contribution in [0.15, 0.2) is 36.5 Å². The van der Waals surface area contributed by atoms with E-state index < -0.39 is 18.2 Å². The van der Waals surface area contributed by atoms with Crippen LogP contribution in [-0.2, 0) is 14.3 Å². The molecule has 0 saturated heterocycles. The molecule has 0 fully saturated rings. The number of hydrogen-bond donors (Lipinski definition) is 3. The molecular weight excluding hydrogens is 610 g/mol. The van der Waals surface area contributed by atoms with Crippen LogP contribution >= 0.6 is 0 Å². The summed E-state index contributed by atoms with van der Waals surface area (Å²) in [5.74, 6) is -0.517. The fourth-order valence-electron chi connectivity index (χ4n) is 6.09. The molecule has 3 atom stereocenters. The van der Waals surface area contributed by atoms with Gasteiger partial charge in [0.15, 0.2) is 0 Å². The van der Waals surface area contributed by atoms with Crippen LogP contribution in [0.5, 0.6) is 0 Å². The highest BCUT2D eigenvalue weighted by Gasteiger charge is 2.24. The summed E-state index contributed by atoms with van der Waals surface area (Å²) in [5, 5.41) is 23.5. The van der Waals surface area contributed by atoms with E-state index in [1.54, 1.807) is 0 Å². The van der Waals surface area contributed by atoms with Crippen molar-refractivity contribution in [2.45, 2.75) is 219 Å². The number of unbranched alkanes of at least 4 members (excludes halogenated alkanes) is 18. The topological polar surface area (TPSA) is 95.9 Å². The van der Waals surface area contributed by atoms with E-state index in [2.05, 4.69) is 62.5 Å². The minimum atomic E-state index is -0.791. The molecule has 286 valence electrons. The zero-order valence-electron chi connectivity index (χ0n) is 32.3. The number of allylic oxidation sites excluding steroid dienone is 6. The molecule has 3 N–H and O–H groups in total. The van der Waals surface area contributed by atoms with Gasteiger partial charge in [-0.05, 0) is 57.8 Å². The fourth-order valence-corrected chi connectivity index (χ4v) is 6.09. The Hall–Kier alpha value is -1.92. The Labute approximate surface area is 303 Å². The lowest BCUT2D eigenvalue weighted by atomic mass is 10.0. The SMILES string of the molecule is CC/C=C/C/C=C/C/C=C/CCCCC(CC(=O)NC(CO)C(O)CCCCCCCCCCC)OC(=O)CCCCCCCCCCC. The van der Waals surface area contributed by atoms with E-state index in [0.717, 1.165) is 77.0 Å². The van der Waals surface area contributed by atoms with Crippen molar-refractivity contribution >= 4 is 11.9 Å². The van der Waals surface area contributed by atoms with E-state index >= 15 is 0 Å². The Balaban J connectivity index is 4.68. The van der Waals surface area contributed by atoms with Gasteiger partial charge in [0.25, 0.3) is 0 Å². The van der Waals surface area contributed by atoms with Gasteiger partial charge >= 0.3 is 5.97 Å². The van der Waals surface area contributed by atoms with Crippen LogP contribution in [0.2, 0.25) is 0 Å². The normalized spacial score (nSPS) is 13.8. The van der Waals surface area contributed by atoms with Crippen LogP contribution in [0.3, 0.4) is 0 Å². The van der Waals surface area contributed by atoms with Crippen molar-refractivity contribution < 1.29 is 24.5 Å². The van der Waals surface area contributed by atoms with Gasteiger partial charge in [0, 0.05) is 6.42 Å². The zero-order chi connectivity index (χ0) is 36.0. The molecule has 0 saturated carbocycles. The summed E-state index contributed by atoms with van der Waals surface area (Å²) in [6.45, 7) is 6.29. The van der Waals surface area contributed by atoms with Gasteiger partial charge in [-0.3, -0.25) is 9.59 Å². The first-order chi connectivity index (χ1) is 24.0. The monoisotopic (exact) mass is 690 g/mol. The van der Waals surface area contributed by atoms with Crippen molar-refractivity contribution in [3.8, 4) is 0 Å². The molecular formula is C43H79NO5. The van der Waals surface area contributed by atoms with Gasteiger partial charge in [-0.2, -0.15) is 0 Å². The third-order valence-corrected chi connectivity index (χ3v) is 9.23. The van der Waals surface area contributed by atoms with E-state index in [1.807, 2.05) is 0 Å². The molecule has 0 spiro atoms. The summed E-state index contributed by atoms with van der Waals surface area (Å²) < 4.78 is 5.84. The van der Waals surface area contributed by atoms with Crippen LogP contribution in [0.4, 0.5) is 0 Å². The molecule has 6 nitrogen and oxygen atoms in total. The summed E-state index contributed by atoms with van der Waals surface area (Å²) >= 11 is 0. The summed E-state index contributed by atoms with van der Waals surface area (Å²) in [5.41, 5.74) is 0. The van der Waals surface area contributed by atoms with Crippen molar-refractivity contribution in [2.24, 2.45) is 0 Å². The summed E-state index contributed by atoms with van der Waals surface area (Å²) in [6, 6.07) is -0.707. The molecule has 0 aromatic heterocycles. The smallest absolute Gasteiger partial charge is 0.306 e. The number of amides is 1. The van der Waals surface area contributed by atoms with E-state index in [4.69, 9.17) is 4.74 Å². The number of carbonyl (C=O) groups is 2. The third-order valence-electron chi connectivity index (χ3n) is 9.23. The van der Waals surface area contributed by atoms with Crippen LogP contribution in [0.1, 0.15) is 201 Å². The molecule has 0 radical (unpaired) electrons. The Kier molecular flexibility index (Phi) is 35.9. The van der Waals surface area contributed by atoms with Gasteiger partial charge in [-0.15, -0.1) is 0 Å². The van der Waals surface area contributed by atoms with Crippen LogP contribution in [0.25, 0.3) is 0 Å². The number of aliphatic hydroxyl groups excluding tert-OH is 2. The molecule has 49 heavy (non-hydrogen) atoms. The number of aliphatic hydroxyl groups is 2. The van der Waals surface area contributed by atoms with Crippen molar-refractivity contribution in [1.29, 1.82) is 0 Å². The number of nitrogens with one attached hydrogen (secondary N) is 1. The maximum atomic E-state index is 13.0. The van der Waals surface area contributed by atoms with Crippen LogP contribution in [0, 0.1) is 0 Å². The first-order valence-corrected chi connectivity index (χ1v) is 20.7. The number of esters is 1. The quantitative estimate of drug-likeness (QED) is 0.0346. The lowest BCUT2D eigenvalue weighted by Gasteiger charge is -2.24. The van der Waals surface area contributed by atoms with Gasteiger partial charge < -0.3 is 20.3 Å². The Morgan fingerprint density at radius 3 is 1.65 bits per heavy atom. The predicted molar refractivity (Wildman–Crippen MR) is 209 cm³/mol. The summed E-state index contributed by atoms with van der Waals surface area (Å²) in [7, 11) is 0. The second-order valence-corrected chi connectivity index (χ2v) is 14.0. The second-order valence-electron chi connectivity index (χ2n) is 14.0. The minimum Gasteiger partial charge on any atom is -0.462 e. The molecule has 6 heteroatoms. The highest BCUT2D eigenvalue weighted by molar-refractivity contribution is 5.77. The van der Waals surface area contributed by atoms with Gasteiger partial charge in [0.05, 0.1) is 25.2 Å². The van der Waals surface area contributed by atoms with Crippen LogP contribution in [-0.4, -0.2) is 46.9 Å². The largest absolute Gasteiger partial charge is 0.462 e. The third kappa shape index (κ3) is 33.0. The Morgan fingerprint density at radius 1 is 0.612 bits per heavy atom. The Bertz CT molecular complexity index is 823. The first kappa shape index (κ1) is 47.1. The molecule has 0 aromatic rings. The number of hydrogen-bond acceptors (Lipinski definition) is 5. The standard InChI is InChI=1S/C43H79NO5/c1-4-7-10-13-16-19-20-21-24-25-28-31-34-39(49-43(48)36-33-30-27-23-18-15-12-9-6-3)37-42(47)44-40(38-45)41(46)35-32-29-26-22-17-14-11-8-5-2/h7,10,16,19,21,24,39-41,45-46H,4-6,8-9,11-15,17-18,20,22-23,25-38H2,1-3H3,(H,44,47)/b10-7+,19-16+,24-21+. The van der Waals surface area contributed by atoms with Crippen molar-refractivity contribution in [1.82, 2.24) is 5.32 Å². The highest BCUT2D eigenvalue weighted by Crippen LogP contribution is 2.16. The first-order valence-electron chi connectivity index (χ1n) is 20.7. The van der Waals surface area contributed by atoms with Crippen LogP contribution < -0.4 is 5.32 Å². The zero-order valence-corrected chi connectivity index (χ0v) is 32.3. The molecule has 0 aliphatic heterocycles. The van der Waals surface area contributed by atoms with Gasteiger partial charge in [-0.1, -0.05) is 166 Å². The van der Waals surface area contributed by atoms with Crippen molar-refractivity contribution in [3.05, 3.63) is 36.5 Å². The molecule has 0 aromatic carbocycles. The van der Waals surface area contributed by atoms with E-state index in [1.165, 1.54) is 77.0 Å². The number of ether oxygens (including phenoxy) is 1. The molecule has 0 aliphatic carbocycles. The average molecular weight is 690 g/mol. The van der Waals surface area contributed by atoms with Crippen molar-refractivity contribution in [2.75, 3.05) is 6.61 Å². The average Bonchev–Trinajstić information content (AvgIpc) is 3.09. The van der Waals surface area contributed by atoms with Gasteiger partial charge in [0.2, 0.25) is 5.91 Å². The molecule has 0 rings (SSSR count). The minimum absolute atomic E-state index is 0.0534. The maximum absolute atomic E-state index is 13.0. The summed E-state index contributed by atoms with van der Waals surface area (Å²) in [4.78, 5) is 25.8. The van der Waals surface area contributed by atoms with E-state index in [9.17, 15) is 19.8 Å². The summed E-state index contributed by atoms with van der Waals surface area (Å²) in [6.07, 6.45) is 40.7. The van der Waals surface area contributed by atoms with Gasteiger partial charge in [0.1, 0.15) is 6.10 Å².